The van der Waals surface area contributed by atoms with Crippen LogP contribution in [0.4, 0.5) is 0 Å². The maximum absolute atomic E-state index is 3.30. The molecule has 1 fully saturated rings. The number of nitrogens with one attached hydrogen (secondary N) is 1. The molecule has 44 valence electrons. The van der Waals surface area contributed by atoms with Crippen LogP contribution >= 0.6 is 0 Å². The van der Waals surface area contributed by atoms with Gasteiger partial charge in [0, 0.05) is 0 Å². The van der Waals surface area contributed by atoms with Crippen LogP contribution in [0.2, 0.25) is 0 Å². The van der Waals surface area contributed by atoms with E-state index in [1.54, 1.807) is 0 Å². The van der Waals surface area contributed by atoms with Gasteiger partial charge in [-0.05, 0) is 38.0 Å². The van der Waals surface area contributed by atoms with E-state index in [-0.39, 0.29) is 0 Å². The van der Waals surface area contributed by atoms with Gasteiger partial charge < -0.3 is 5.32 Å². The molecule has 8 heavy (non-hydrogen) atoms. The summed E-state index contributed by atoms with van der Waals surface area (Å²) in [5.74, 6) is 0.951. The molecule has 0 aromatic heterocycles. The van der Waals surface area contributed by atoms with E-state index in [0.717, 1.165) is 5.92 Å². The van der Waals surface area contributed by atoms with Crippen molar-refractivity contribution < 1.29 is 0 Å². The third-order valence-corrected chi connectivity index (χ3v) is 2.25. The first kappa shape index (κ1) is 4.42. The van der Waals surface area contributed by atoms with E-state index in [0.29, 0.717) is 5.54 Å². The van der Waals surface area contributed by atoms with Gasteiger partial charge in [-0.3, -0.25) is 0 Å². The van der Waals surface area contributed by atoms with Gasteiger partial charge >= 0.3 is 0 Å². The number of hydrogen-bond acceptors (Lipinski definition) is 1. The Bertz CT molecular complexity index is 135. The molecule has 1 unspecified atom stereocenters. The van der Waals surface area contributed by atoms with Crippen molar-refractivity contribution in [3.05, 3.63) is 12.3 Å². The van der Waals surface area contributed by atoms with E-state index in [9.17, 15) is 0 Å². The summed E-state index contributed by atoms with van der Waals surface area (Å²) in [6.07, 6.45) is 7.16. The molecular formula is C7H11N. The van der Waals surface area contributed by atoms with E-state index >= 15 is 0 Å². The second-order valence-electron chi connectivity index (χ2n) is 3.03. The summed E-state index contributed by atoms with van der Waals surface area (Å²) >= 11 is 0. The maximum atomic E-state index is 3.30. The third-order valence-electron chi connectivity index (χ3n) is 2.25. The van der Waals surface area contributed by atoms with Gasteiger partial charge in [-0.15, -0.1) is 0 Å². The Balaban J connectivity index is 2.11. The van der Waals surface area contributed by atoms with Crippen molar-refractivity contribution in [3.63, 3.8) is 0 Å². The molecule has 1 heteroatoms. The maximum Gasteiger partial charge on any atom is 0.0567 e. The summed E-state index contributed by atoms with van der Waals surface area (Å²) in [6.45, 7) is 2.27. The topological polar surface area (TPSA) is 12.0 Å². The van der Waals surface area contributed by atoms with Gasteiger partial charge in [0.15, 0.2) is 0 Å². The molecule has 0 saturated heterocycles. The zero-order chi connectivity index (χ0) is 5.61. The summed E-state index contributed by atoms with van der Waals surface area (Å²) in [7, 11) is 0. The zero-order valence-electron chi connectivity index (χ0n) is 5.15. The summed E-state index contributed by atoms with van der Waals surface area (Å²) in [5.41, 5.74) is 0.403. The lowest BCUT2D eigenvalue weighted by Crippen LogP contribution is -2.45. The smallest absolute Gasteiger partial charge is 0.0567 e. The molecule has 0 bridgehead atoms. The highest BCUT2D eigenvalue weighted by atomic mass is 15.0. The van der Waals surface area contributed by atoms with Crippen LogP contribution in [0, 0.1) is 5.92 Å². The first-order chi connectivity index (χ1) is 3.81. The highest BCUT2D eigenvalue weighted by Crippen LogP contribution is 2.42. The molecular weight excluding hydrogens is 98.1 g/mol. The molecule has 0 spiro atoms. The Morgan fingerprint density at radius 1 is 1.62 bits per heavy atom. The Labute approximate surface area is 49.8 Å². The lowest BCUT2D eigenvalue weighted by Gasteiger charge is -2.33. The fourth-order valence-electron chi connectivity index (χ4n) is 1.28. The number of rotatable bonds is 1. The average Bonchev–Trinajstić information content (AvgIpc) is 2.38. The van der Waals surface area contributed by atoms with Crippen molar-refractivity contribution in [2.75, 3.05) is 0 Å². The SMILES string of the molecule is CC1(C2CC2)C=CN1. The molecule has 1 nitrogen and oxygen atoms in total. The van der Waals surface area contributed by atoms with Crippen molar-refractivity contribution in [2.24, 2.45) is 5.92 Å². The van der Waals surface area contributed by atoms with Gasteiger partial charge in [-0.2, -0.15) is 0 Å². The molecule has 1 aliphatic heterocycles. The minimum absolute atomic E-state index is 0.403. The van der Waals surface area contributed by atoms with E-state index in [4.69, 9.17) is 0 Å². The van der Waals surface area contributed by atoms with E-state index < -0.39 is 0 Å². The third kappa shape index (κ3) is 0.417. The fourth-order valence-corrected chi connectivity index (χ4v) is 1.28. The molecule has 2 aliphatic rings. The fraction of sp³-hybridized carbons (Fsp3) is 0.714. The number of hydrogen-bond donors (Lipinski definition) is 1. The largest absolute Gasteiger partial charge is 0.382 e. The van der Waals surface area contributed by atoms with E-state index in [1.807, 2.05) is 6.20 Å². The lowest BCUT2D eigenvalue weighted by molar-refractivity contribution is 0.397. The quantitative estimate of drug-likeness (QED) is 0.534. The highest BCUT2D eigenvalue weighted by Gasteiger charge is 2.41. The van der Waals surface area contributed by atoms with Crippen molar-refractivity contribution in [1.29, 1.82) is 0 Å². The molecule has 0 aromatic rings. The van der Waals surface area contributed by atoms with Crippen LogP contribution in [0.25, 0.3) is 0 Å². The van der Waals surface area contributed by atoms with Crippen LogP contribution in [-0.2, 0) is 0 Å². The molecule has 1 saturated carbocycles. The predicted molar refractivity (Wildman–Crippen MR) is 33.4 cm³/mol. The van der Waals surface area contributed by atoms with Crippen LogP contribution in [0.1, 0.15) is 19.8 Å². The van der Waals surface area contributed by atoms with Gasteiger partial charge in [0.25, 0.3) is 0 Å². The van der Waals surface area contributed by atoms with Gasteiger partial charge in [0.1, 0.15) is 0 Å². The Morgan fingerprint density at radius 3 is 2.38 bits per heavy atom. The normalized spacial score (nSPS) is 43.1. The summed E-state index contributed by atoms with van der Waals surface area (Å²) in [4.78, 5) is 0. The molecule has 1 heterocycles. The minimum Gasteiger partial charge on any atom is -0.382 e. The molecule has 0 amide bonds. The van der Waals surface area contributed by atoms with Crippen LogP contribution in [0.3, 0.4) is 0 Å². The van der Waals surface area contributed by atoms with Gasteiger partial charge in [0.2, 0.25) is 0 Å². The minimum atomic E-state index is 0.403. The lowest BCUT2D eigenvalue weighted by atomic mass is 9.92. The van der Waals surface area contributed by atoms with Crippen molar-refractivity contribution >= 4 is 0 Å². The Hall–Kier alpha value is -0.460. The van der Waals surface area contributed by atoms with Crippen molar-refractivity contribution in [1.82, 2.24) is 5.32 Å². The summed E-state index contributed by atoms with van der Waals surface area (Å²) in [6, 6.07) is 0. The average molecular weight is 109 g/mol. The Kier molecular flexibility index (Phi) is 0.605. The second kappa shape index (κ2) is 1.09. The first-order valence-electron chi connectivity index (χ1n) is 3.27. The molecule has 0 aromatic carbocycles. The molecule has 2 rings (SSSR count). The monoisotopic (exact) mass is 109 g/mol. The van der Waals surface area contributed by atoms with Gasteiger partial charge in [-0.1, -0.05) is 0 Å². The zero-order valence-corrected chi connectivity index (χ0v) is 5.15. The van der Waals surface area contributed by atoms with Crippen LogP contribution < -0.4 is 5.32 Å². The molecule has 0 radical (unpaired) electrons. The van der Waals surface area contributed by atoms with Gasteiger partial charge in [0.05, 0.1) is 5.54 Å². The van der Waals surface area contributed by atoms with Crippen LogP contribution in [-0.4, -0.2) is 5.54 Å². The van der Waals surface area contributed by atoms with Crippen LogP contribution in [0.15, 0.2) is 12.3 Å². The summed E-state index contributed by atoms with van der Waals surface area (Å²) in [5, 5.41) is 3.30. The Morgan fingerprint density at radius 2 is 2.25 bits per heavy atom. The first-order valence-corrected chi connectivity index (χ1v) is 3.27. The van der Waals surface area contributed by atoms with Crippen molar-refractivity contribution in [2.45, 2.75) is 25.3 Å². The van der Waals surface area contributed by atoms with Crippen LogP contribution in [0.5, 0.6) is 0 Å². The highest BCUT2D eigenvalue weighted by molar-refractivity contribution is 5.20. The standard InChI is InChI=1S/C7H11N/c1-7(4-5-8-7)6-2-3-6/h4-6,8H,2-3H2,1H3. The predicted octanol–water partition coefficient (Wildman–Crippen LogP) is 1.27. The molecule has 1 N–H and O–H groups in total. The van der Waals surface area contributed by atoms with Crippen molar-refractivity contribution in [3.8, 4) is 0 Å². The van der Waals surface area contributed by atoms with Gasteiger partial charge in [-0.25, -0.2) is 0 Å². The van der Waals surface area contributed by atoms with E-state index in [2.05, 4.69) is 18.3 Å². The second-order valence-corrected chi connectivity index (χ2v) is 3.03. The molecule has 1 aliphatic carbocycles. The molecule has 1 atom stereocenters. The summed E-state index contributed by atoms with van der Waals surface area (Å²) < 4.78 is 0. The van der Waals surface area contributed by atoms with E-state index in [1.165, 1.54) is 12.8 Å².